The fourth-order valence-corrected chi connectivity index (χ4v) is 3.20. The summed E-state index contributed by atoms with van der Waals surface area (Å²) < 4.78 is 13.3. The van der Waals surface area contributed by atoms with E-state index in [2.05, 4.69) is 11.4 Å². The van der Waals surface area contributed by atoms with E-state index in [1.807, 2.05) is 31.2 Å². The van der Waals surface area contributed by atoms with Gasteiger partial charge in [0, 0.05) is 0 Å². The molecule has 0 saturated heterocycles. The molecular weight excluding hydrogens is 277 g/mol. The van der Waals surface area contributed by atoms with Crippen LogP contribution in [0.4, 0.5) is 4.39 Å². The van der Waals surface area contributed by atoms with Crippen molar-refractivity contribution < 1.29 is 9.18 Å². The van der Waals surface area contributed by atoms with Crippen LogP contribution in [0.2, 0.25) is 0 Å². The highest BCUT2D eigenvalue weighted by atomic mass is 19.1. The molecule has 1 aliphatic carbocycles. The molecule has 0 aliphatic heterocycles. The first-order chi connectivity index (χ1) is 10.6. The second-order valence-corrected chi connectivity index (χ2v) is 5.93. The summed E-state index contributed by atoms with van der Waals surface area (Å²) in [6.07, 6.45) is 2.95. The summed E-state index contributed by atoms with van der Waals surface area (Å²) in [5, 5.41) is 3.03. The highest BCUT2D eigenvalue weighted by molar-refractivity contribution is 5.84. The predicted octanol–water partition coefficient (Wildman–Crippen LogP) is 4.12. The summed E-state index contributed by atoms with van der Waals surface area (Å²) in [7, 11) is 0. The standard InChI is InChI=1S/C19H20FNO/c1-13(15-8-4-9-16(20)12-15)21-19(22)18-11-5-7-14-6-2-3-10-17(14)18/h2-4,6,8-10,12-13,18H,5,7,11H2,1H3,(H,21,22)/t13-,18+/m1/s1. The van der Waals surface area contributed by atoms with Crippen molar-refractivity contribution in [2.24, 2.45) is 0 Å². The van der Waals surface area contributed by atoms with E-state index in [0.29, 0.717) is 0 Å². The van der Waals surface area contributed by atoms with Gasteiger partial charge >= 0.3 is 0 Å². The molecule has 0 saturated carbocycles. The van der Waals surface area contributed by atoms with Gasteiger partial charge in [0.15, 0.2) is 0 Å². The highest BCUT2D eigenvalue weighted by Gasteiger charge is 2.27. The monoisotopic (exact) mass is 297 g/mol. The number of amides is 1. The molecule has 2 nitrogen and oxygen atoms in total. The Balaban J connectivity index is 1.75. The predicted molar refractivity (Wildman–Crippen MR) is 85.1 cm³/mol. The topological polar surface area (TPSA) is 29.1 Å². The molecule has 0 bridgehead atoms. The lowest BCUT2D eigenvalue weighted by Gasteiger charge is -2.26. The average molecular weight is 297 g/mol. The number of carbonyl (C=O) groups is 1. The van der Waals surface area contributed by atoms with Crippen LogP contribution in [0, 0.1) is 5.82 Å². The molecule has 1 aliphatic rings. The molecule has 0 aromatic heterocycles. The Morgan fingerprint density at radius 1 is 1.23 bits per heavy atom. The molecule has 2 aromatic carbocycles. The van der Waals surface area contributed by atoms with Gasteiger partial charge in [-0.05, 0) is 55.0 Å². The number of hydrogen-bond acceptors (Lipinski definition) is 1. The maximum absolute atomic E-state index is 13.3. The third kappa shape index (κ3) is 3.03. The zero-order valence-electron chi connectivity index (χ0n) is 12.7. The van der Waals surface area contributed by atoms with Gasteiger partial charge in [0.1, 0.15) is 5.82 Å². The molecule has 1 N–H and O–H groups in total. The normalized spacial score (nSPS) is 18.4. The van der Waals surface area contributed by atoms with Crippen LogP contribution in [-0.4, -0.2) is 5.91 Å². The SMILES string of the molecule is C[C@@H](NC(=O)[C@H]1CCCc2ccccc21)c1cccc(F)c1. The Morgan fingerprint density at radius 3 is 2.86 bits per heavy atom. The van der Waals surface area contributed by atoms with Gasteiger partial charge in [-0.15, -0.1) is 0 Å². The number of benzene rings is 2. The number of hydrogen-bond donors (Lipinski definition) is 1. The van der Waals surface area contributed by atoms with Crippen LogP contribution in [0.5, 0.6) is 0 Å². The van der Waals surface area contributed by atoms with Crippen molar-refractivity contribution >= 4 is 5.91 Å². The number of aryl methyl sites for hydroxylation is 1. The minimum atomic E-state index is -0.276. The Kier molecular flexibility index (Phi) is 4.23. The molecule has 22 heavy (non-hydrogen) atoms. The lowest BCUT2D eigenvalue weighted by molar-refractivity contribution is -0.123. The van der Waals surface area contributed by atoms with Gasteiger partial charge in [-0.1, -0.05) is 36.4 Å². The van der Waals surface area contributed by atoms with Gasteiger partial charge in [-0.3, -0.25) is 4.79 Å². The number of halogens is 1. The van der Waals surface area contributed by atoms with Crippen molar-refractivity contribution in [1.82, 2.24) is 5.32 Å². The van der Waals surface area contributed by atoms with E-state index in [1.165, 1.54) is 17.7 Å². The van der Waals surface area contributed by atoms with Crippen molar-refractivity contribution in [3.8, 4) is 0 Å². The minimum Gasteiger partial charge on any atom is -0.349 e. The molecular formula is C19H20FNO. The number of rotatable bonds is 3. The quantitative estimate of drug-likeness (QED) is 0.907. The lowest BCUT2D eigenvalue weighted by Crippen LogP contribution is -2.33. The number of fused-ring (bicyclic) bond motifs is 1. The second kappa shape index (κ2) is 6.30. The molecule has 2 aromatic rings. The van der Waals surface area contributed by atoms with Gasteiger partial charge in [0.05, 0.1) is 12.0 Å². The van der Waals surface area contributed by atoms with Crippen LogP contribution < -0.4 is 5.32 Å². The van der Waals surface area contributed by atoms with E-state index < -0.39 is 0 Å². The fraction of sp³-hybridized carbons (Fsp3) is 0.316. The van der Waals surface area contributed by atoms with E-state index in [0.717, 1.165) is 30.4 Å². The maximum atomic E-state index is 13.3. The molecule has 114 valence electrons. The first-order valence-corrected chi connectivity index (χ1v) is 7.79. The highest BCUT2D eigenvalue weighted by Crippen LogP contribution is 2.32. The van der Waals surface area contributed by atoms with E-state index in [4.69, 9.17) is 0 Å². The zero-order valence-corrected chi connectivity index (χ0v) is 12.7. The summed E-state index contributed by atoms with van der Waals surface area (Å²) in [6, 6.07) is 14.4. The van der Waals surface area contributed by atoms with E-state index in [-0.39, 0.29) is 23.7 Å². The van der Waals surface area contributed by atoms with Crippen LogP contribution in [0.1, 0.15) is 48.4 Å². The number of nitrogens with one attached hydrogen (secondary N) is 1. The van der Waals surface area contributed by atoms with Crippen molar-refractivity contribution in [3.05, 3.63) is 71.0 Å². The smallest absolute Gasteiger partial charge is 0.228 e. The van der Waals surface area contributed by atoms with Gasteiger partial charge < -0.3 is 5.32 Å². The molecule has 0 radical (unpaired) electrons. The Morgan fingerprint density at radius 2 is 2.05 bits per heavy atom. The van der Waals surface area contributed by atoms with Crippen molar-refractivity contribution in [2.75, 3.05) is 0 Å². The second-order valence-electron chi connectivity index (χ2n) is 5.93. The molecule has 0 heterocycles. The largest absolute Gasteiger partial charge is 0.349 e. The summed E-state index contributed by atoms with van der Waals surface area (Å²) >= 11 is 0. The first kappa shape index (κ1) is 14.8. The van der Waals surface area contributed by atoms with Crippen LogP contribution in [0.25, 0.3) is 0 Å². The molecule has 3 heteroatoms. The van der Waals surface area contributed by atoms with Gasteiger partial charge in [-0.2, -0.15) is 0 Å². The van der Waals surface area contributed by atoms with Crippen molar-refractivity contribution in [1.29, 1.82) is 0 Å². The van der Waals surface area contributed by atoms with Crippen LogP contribution in [-0.2, 0) is 11.2 Å². The molecule has 3 rings (SSSR count). The molecule has 0 spiro atoms. The van der Waals surface area contributed by atoms with E-state index in [9.17, 15) is 9.18 Å². The summed E-state index contributed by atoms with van der Waals surface area (Å²) in [5.74, 6) is -0.341. The number of carbonyl (C=O) groups excluding carboxylic acids is 1. The summed E-state index contributed by atoms with van der Waals surface area (Å²) in [6.45, 7) is 1.89. The summed E-state index contributed by atoms with van der Waals surface area (Å²) in [5.41, 5.74) is 3.20. The molecule has 2 atom stereocenters. The van der Waals surface area contributed by atoms with Crippen molar-refractivity contribution in [2.45, 2.75) is 38.1 Å². The summed E-state index contributed by atoms with van der Waals surface area (Å²) in [4.78, 5) is 12.6. The average Bonchev–Trinajstić information content (AvgIpc) is 2.54. The van der Waals surface area contributed by atoms with Gasteiger partial charge in [0.2, 0.25) is 5.91 Å². The van der Waals surface area contributed by atoms with Crippen LogP contribution in [0.3, 0.4) is 0 Å². The van der Waals surface area contributed by atoms with Crippen molar-refractivity contribution in [3.63, 3.8) is 0 Å². The maximum Gasteiger partial charge on any atom is 0.228 e. The Labute approximate surface area is 130 Å². The van der Waals surface area contributed by atoms with Crippen LogP contribution >= 0.6 is 0 Å². The van der Waals surface area contributed by atoms with Gasteiger partial charge in [-0.25, -0.2) is 4.39 Å². The third-order valence-electron chi connectivity index (χ3n) is 4.39. The minimum absolute atomic E-state index is 0.0314. The van der Waals surface area contributed by atoms with Crippen LogP contribution in [0.15, 0.2) is 48.5 Å². The molecule has 1 amide bonds. The lowest BCUT2D eigenvalue weighted by atomic mass is 9.82. The Bertz CT molecular complexity index is 683. The van der Waals surface area contributed by atoms with E-state index in [1.54, 1.807) is 6.07 Å². The van der Waals surface area contributed by atoms with E-state index >= 15 is 0 Å². The zero-order chi connectivity index (χ0) is 15.5. The van der Waals surface area contributed by atoms with Gasteiger partial charge in [0.25, 0.3) is 0 Å². The Hall–Kier alpha value is -2.16. The first-order valence-electron chi connectivity index (χ1n) is 7.79. The molecule has 0 unspecified atom stereocenters. The fourth-order valence-electron chi connectivity index (χ4n) is 3.20. The third-order valence-corrected chi connectivity index (χ3v) is 4.39. The molecule has 0 fully saturated rings.